The topological polar surface area (TPSA) is 111 Å². The molecule has 0 saturated heterocycles. The Balaban J connectivity index is 2.49. The van der Waals surface area contributed by atoms with E-state index in [0.29, 0.717) is 28.5 Å². The third kappa shape index (κ3) is 2.67. The van der Waals surface area contributed by atoms with Crippen molar-refractivity contribution in [1.29, 1.82) is 0 Å². The van der Waals surface area contributed by atoms with Crippen LogP contribution in [0.3, 0.4) is 0 Å². The first kappa shape index (κ1) is 17.1. The number of fused-ring (bicyclic) bond motifs is 3. The molecule has 8 nitrogen and oxygen atoms in total. The molecular weight excluding hydrogens is 326 g/mol. The summed E-state index contributed by atoms with van der Waals surface area (Å²) in [6.45, 7) is 5.09. The fourth-order valence-corrected chi connectivity index (χ4v) is 3.48. The Kier molecular flexibility index (Phi) is 3.85. The van der Waals surface area contributed by atoms with Crippen LogP contribution in [0.1, 0.15) is 43.1 Å². The number of aromatic nitrogens is 3. The molecule has 0 fully saturated rings. The molecule has 2 aromatic heterocycles. The van der Waals surface area contributed by atoms with Crippen LogP contribution in [0.25, 0.3) is 11.0 Å². The van der Waals surface area contributed by atoms with Gasteiger partial charge in [0.25, 0.3) is 5.56 Å². The highest BCUT2D eigenvalue weighted by Crippen LogP contribution is 2.36. The van der Waals surface area contributed by atoms with E-state index in [1.54, 1.807) is 6.92 Å². The number of pyridine rings is 1. The molecule has 0 aromatic carbocycles. The van der Waals surface area contributed by atoms with E-state index in [9.17, 15) is 19.2 Å². The molecular formula is C17H19N3O5. The number of Topliss-reactive ketones (excluding diaryl/α,β-unsaturated/α-hetero) is 1. The summed E-state index contributed by atoms with van der Waals surface area (Å²) >= 11 is 0. The van der Waals surface area contributed by atoms with Crippen molar-refractivity contribution >= 4 is 22.8 Å². The Hall–Kier alpha value is -2.77. The third-order valence-electron chi connectivity index (χ3n) is 4.55. The van der Waals surface area contributed by atoms with Crippen molar-refractivity contribution in [2.24, 2.45) is 5.41 Å². The van der Waals surface area contributed by atoms with Gasteiger partial charge in [0.05, 0.1) is 5.39 Å². The highest BCUT2D eigenvalue weighted by molar-refractivity contribution is 6.02. The maximum atomic E-state index is 12.9. The maximum absolute atomic E-state index is 12.9. The van der Waals surface area contributed by atoms with Crippen LogP contribution in [0.5, 0.6) is 0 Å². The molecule has 0 bridgehead atoms. The Labute approximate surface area is 142 Å². The molecule has 132 valence electrons. The number of hydrogen-bond acceptors (Lipinski definition) is 5. The average molecular weight is 345 g/mol. The van der Waals surface area contributed by atoms with Crippen molar-refractivity contribution < 1.29 is 14.7 Å². The van der Waals surface area contributed by atoms with Crippen molar-refractivity contribution in [2.45, 2.75) is 46.7 Å². The van der Waals surface area contributed by atoms with Gasteiger partial charge in [-0.1, -0.05) is 13.8 Å². The molecule has 1 aliphatic rings. The van der Waals surface area contributed by atoms with E-state index >= 15 is 0 Å². The van der Waals surface area contributed by atoms with Gasteiger partial charge in [0.2, 0.25) is 0 Å². The highest BCUT2D eigenvalue weighted by Gasteiger charge is 2.34. The third-order valence-corrected chi connectivity index (χ3v) is 4.55. The van der Waals surface area contributed by atoms with Crippen molar-refractivity contribution in [2.75, 3.05) is 0 Å². The normalized spacial score (nSPS) is 16.0. The fraction of sp³-hybridized carbons (Fsp3) is 0.471. The summed E-state index contributed by atoms with van der Waals surface area (Å²) < 4.78 is 1.97. The molecule has 0 saturated carbocycles. The van der Waals surface area contributed by atoms with E-state index in [2.05, 4.69) is 4.98 Å². The zero-order chi connectivity index (χ0) is 18.5. The van der Waals surface area contributed by atoms with E-state index in [-0.39, 0.29) is 28.8 Å². The summed E-state index contributed by atoms with van der Waals surface area (Å²) in [4.78, 5) is 53.1. The number of aryl methyl sites for hydroxylation is 1. The SMILES string of the molecule is CCn1c(=O)n(CC(=O)O)c(=O)c2c3c(cnc21)C(=O)CC(C)(C)C3. The number of carboxylic acid groups (broad SMARTS) is 1. The Bertz CT molecular complexity index is 1030. The zero-order valence-electron chi connectivity index (χ0n) is 14.3. The lowest BCUT2D eigenvalue weighted by Gasteiger charge is -2.30. The van der Waals surface area contributed by atoms with Crippen LogP contribution < -0.4 is 11.2 Å². The van der Waals surface area contributed by atoms with E-state index in [0.717, 1.165) is 0 Å². The van der Waals surface area contributed by atoms with Crippen LogP contribution in [0.4, 0.5) is 0 Å². The molecule has 0 unspecified atom stereocenters. The average Bonchev–Trinajstić information content (AvgIpc) is 2.49. The second-order valence-corrected chi connectivity index (χ2v) is 7.10. The van der Waals surface area contributed by atoms with E-state index in [1.807, 2.05) is 13.8 Å². The van der Waals surface area contributed by atoms with Gasteiger partial charge in [-0.15, -0.1) is 0 Å². The van der Waals surface area contributed by atoms with E-state index < -0.39 is 23.8 Å². The highest BCUT2D eigenvalue weighted by atomic mass is 16.4. The molecule has 0 spiro atoms. The Morgan fingerprint density at radius 2 is 1.92 bits per heavy atom. The maximum Gasteiger partial charge on any atom is 0.333 e. The van der Waals surface area contributed by atoms with Crippen LogP contribution >= 0.6 is 0 Å². The number of nitrogens with zero attached hydrogens (tertiary/aromatic N) is 3. The first-order valence-electron chi connectivity index (χ1n) is 8.06. The smallest absolute Gasteiger partial charge is 0.333 e. The van der Waals surface area contributed by atoms with E-state index in [4.69, 9.17) is 5.11 Å². The molecule has 0 atom stereocenters. The minimum Gasteiger partial charge on any atom is -0.480 e. The molecule has 3 rings (SSSR count). The van der Waals surface area contributed by atoms with Crippen LogP contribution in [-0.4, -0.2) is 31.0 Å². The van der Waals surface area contributed by atoms with Gasteiger partial charge in [0, 0.05) is 24.7 Å². The van der Waals surface area contributed by atoms with Gasteiger partial charge in [-0.25, -0.2) is 14.3 Å². The number of rotatable bonds is 3. The zero-order valence-corrected chi connectivity index (χ0v) is 14.3. The number of carbonyl (C=O) groups is 2. The summed E-state index contributed by atoms with van der Waals surface area (Å²) in [7, 11) is 0. The Morgan fingerprint density at radius 3 is 2.52 bits per heavy atom. The van der Waals surface area contributed by atoms with Gasteiger partial charge in [0.1, 0.15) is 12.2 Å². The lowest BCUT2D eigenvalue weighted by Crippen LogP contribution is -2.43. The van der Waals surface area contributed by atoms with E-state index in [1.165, 1.54) is 10.8 Å². The van der Waals surface area contributed by atoms with Gasteiger partial charge in [0.15, 0.2) is 5.78 Å². The fourth-order valence-electron chi connectivity index (χ4n) is 3.48. The predicted octanol–water partition coefficient (Wildman–Crippen LogP) is 0.818. The molecule has 1 N–H and O–H groups in total. The van der Waals surface area contributed by atoms with Crippen molar-refractivity contribution in [3.8, 4) is 0 Å². The summed E-state index contributed by atoms with van der Waals surface area (Å²) in [6, 6.07) is 0. The second-order valence-electron chi connectivity index (χ2n) is 7.10. The van der Waals surface area contributed by atoms with Crippen LogP contribution in [0.2, 0.25) is 0 Å². The number of carboxylic acids is 1. The molecule has 2 heterocycles. The van der Waals surface area contributed by atoms with Crippen molar-refractivity contribution in [3.05, 3.63) is 38.2 Å². The molecule has 25 heavy (non-hydrogen) atoms. The first-order valence-corrected chi connectivity index (χ1v) is 8.06. The molecule has 8 heteroatoms. The minimum atomic E-state index is -1.28. The number of ketones is 1. The van der Waals surface area contributed by atoms with Gasteiger partial charge < -0.3 is 5.11 Å². The first-order chi connectivity index (χ1) is 11.7. The summed E-state index contributed by atoms with van der Waals surface area (Å²) in [5.41, 5.74) is -0.610. The van der Waals surface area contributed by atoms with Gasteiger partial charge in [-0.05, 0) is 24.3 Å². The summed E-state index contributed by atoms with van der Waals surface area (Å²) in [6.07, 6.45) is 2.25. The monoisotopic (exact) mass is 345 g/mol. The molecule has 0 radical (unpaired) electrons. The Morgan fingerprint density at radius 1 is 1.24 bits per heavy atom. The van der Waals surface area contributed by atoms with Crippen LogP contribution in [0, 0.1) is 5.41 Å². The number of carbonyl (C=O) groups excluding carboxylic acids is 1. The molecule has 0 amide bonds. The largest absolute Gasteiger partial charge is 0.480 e. The molecule has 1 aliphatic carbocycles. The van der Waals surface area contributed by atoms with Gasteiger partial charge in [-0.2, -0.15) is 0 Å². The van der Waals surface area contributed by atoms with Gasteiger partial charge >= 0.3 is 11.7 Å². The van der Waals surface area contributed by atoms with Gasteiger partial charge in [-0.3, -0.25) is 19.0 Å². The summed E-state index contributed by atoms with van der Waals surface area (Å²) in [5.74, 6) is -1.38. The van der Waals surface area contributed by atoms with Crippen molar-refractivity contribution in [3.63, 3.8) is 0 Å². The second kappa shape index (κ2) is 5.65. The standard InChI is InChI=1S/C17H19N3O5/c1-4-19-14-13(15(24)20(16(19)25)8-12(22)23)9-5-17(2,3)6-11(21)10(9)7-18-14/h7H,4-6,8H2,1-3H3,(H,22,23). The molecule has 2 aromatic rings. The van der Waals surface area contributed by atoms with Crippen LogP contribution in [-0.2, 0) is 24.3 Å². The van der Waals surface area contributed by atoms with Crippen molar-refractivity contribution in [1.82, 2.24) is 14.1 Å². The lowest BCUT2D eigenvalue weighted by molar-refractivity contribution is -0.137. The number of aliphatic carboxylic acids is 1. The lowest BCUT2D eigenvalue weighted by atomic mass is 9.73. The summed E-state index contributed by atoms with van der Waals surface area (Å²) in [5, 5.41) is 9.21. The predicted molar refractivity (Wildman–Crippen MR) is 90.0 cm³/mol. The van der Waals surface area contributed by atoms with Crippen LogP contribution in [0.15, 0.2) is 15.8 Å². The quantitative estimate of drug-likeness (QED) is 0.881. The minimum absolute atomic E-state index is 0.0981. The molecule has 0 aliphatic heterocycles. The number of hydrogen-bond donors (Lipinski definition) is 1.